The summed E-state index contributed by atoms with van der Waals surface area (Å²) in [6, 6.07) is 1.34. The maximum atomic E-state index is 11.0. The SMILES string of the molecule is COC(Cc1c([N+](=O)[O-])cc([N+](=O)[O-])cc1[N+](=O)[O-])OC. The molecule has 0 atom stereocenters. The van der Waals surface area contributed by atoms with E-state index < -0.39 is 38.1 Å². The first-order valence-corrected chi connectivity index (χ1v) is 5.47. The van der Waals surface area contributed by atoms with Crippen molar-refractivity contribution >= 4 is 17.1 Å². The molecule has 0 amide bonds. The van der Waals surface area contributed by atoms with Gasteiger partial charge in [-0.1, -0.05) is 0 Å². The van der Waals surface area contributed by atoms with Crippen molar-refractivity contribution in [3.63, 3.8) is 0 Å². The third kappa shape index (κ3) is 3.67. The van der Waals surface area contributed by atoms with Gasteiger partial charge in [-0.2, -0.15) is 0 Å². The van der Waals surface area contributed by atoms with Gasteiger partial charge in [0.05, 0.1) is 26.9 Å². The zero-order chi connectivity index (χ0) is 16.2. The van der Waals surface area contributed by atoms with Crippen molar-refractivity contribution in [1.29, 1.82) is 0 Å². The van der Waals surface area contributed by atoms with Gasteiger partial charge in [-0.05, 0) is 0 Å². The third-order valence-electron chi connectivity index (χ3n) is 2.69. The van der Waals surface area contributed by atoms with Crippen molar-refractivity contribution in [3.8, 4) is 0 Å². The lowest BCUT2D eigenvalue weighted by Gasteiger charge is -2.13. The fourth-order valence-electron chi connectivity index (χ4n) is 1.70. The van der Waals surface area contributed by atoms with Gasteiger partial charge < -0.3 is 9.47 Å². The topological polar surface area (TPSA) is 148 Å². The van der Waals surface area contributed by atoms with Crippen molar-refractivity contribution in [3.05, 3.63) is 48.0 Å². The van der Waals surface area contributed by atoms with Gasteiger partial charge in [0.2, 0.25) is 0 Å². The third-order valence-corrected chi connectivity index (χ3v) is 2.69. The van der Waals surface area contributed by atoms with Gasteiger partial charge in [-0.3, -0.25) is 30.3 Å². The number of benzene rings is 1. The normalized spacial score (nSPS) is 10.6. The fraction of sp³-hybridized carbons (Fsp3) is 0.400. The molecule has 114 valence electrons. The summed E-state index contributed by atoms with van der Waals surface area (Å²) in [6.45, 7) is 0. The first-order valence-electron chi connectivity index (χ1n) is 5.47. The van der Waals surface area contributed by atoms with Crippen molar-refractivity contribution in [1.82, 2.24) is 0 Å². The highest BCUT2D eigenvalue weighted by Gasteiger charge is 2.31. The zero-order valence-electron chi connectivity index (χ0n) is 11.0. The van der Waals surface area contributed by atoms with E-state index in [1.807, 2.05) is 0 Å². The first kappa shape index (κ1) is 16.4. The summed E-state index contributed by atoms with van der Waals surface area (Å²) in [7, 11) is 2.52. The van der Waals surface area contributed by atoms with Gasteiger partial charge >= 0.3 is 0 Å². The second-order valence-electron chi connectivity index (χ2n) is 3.84. The van der Waals surface area contributed by atoms with E-state index in [4.69, 9.17) is 9.47 Å². The molecule has 0 aliphatic heterocycles. The number of hydrogen-bond acceptors (Lipinski definition) is 8. The van der Waals surface area contributed by atoms with Crippen LogP contribution >= 0.6 is 0 Å². The molecule has 0 unspecified atom stereocenters. The number of non-ortho nitro benzene ring substituents is 1. The lowest BCUT2D eigenvalue weighted by molar-refractivity contribution is -0.404. The van der Waals surface area contributed by atoms with E-state index >= 15 is 0 Å². The molecule has 1 aromatic carbocycles. The minimum Gasteiger partial charge on any atom is -0.356 e. The van der Waals surface area contributed by atoms with Crippen LogP contribution in [0.15, 0.2) is 12.1 Å². The standard InChI is InChI=1S/C10H11N3O8/c1-20-10(21-2)5-7-8(12(16)17)3-6(11(14)15)4-9(7)13(18)19/h3-4,10H,5H2,1-2H3. The van der Waals surface area contributed by atoms with E-state index in [0.717, 1.165) is 0 Å². The molecule has 0 radical (unpaired) electrons. The molecular weight excluding hydrogens is 290 g/mol. The van der Waals surface area contributed by atoms with Crippen LogP contribution in [0.5, 0.6) is 0 Å². The summed E-state index contributed by atoms with van der Waals surface area (Å²) < 4.78 is 9.70. The minimum atomic E-state index is -0.955. The van der Waals surface area contributed by atoms with Crippen LogP contribution in [0.1, 0.15) is 5.56 Å². The molecule has 1 aromatic rings. The van der Waals surface area contributed by atoms with E-state index in [2.05, 4.69) is 0 Å². The molecule has 0 saturated heterocycles. The van der Waals surface area contributed by atoms with Crippen LogP contribution in [0.25, 0.3) is 0 Å². The van der Waals surface area contributed by atoms with Crippen LogP contribution in [0, 0.1) is 30.3 Å². The molecular formula is C10H11N3O8. The largest absolute Gasteiger partial charge is 0.356 e. The van der Waals surface area contributed by atoms with Crippen LogP contribution in [0.2, 0.25) is 0 Å². The van der Waals surface area contributed by atoms with Crippen LogP contribution < -0.4 is 0 Å². The van der Waals surface area contributed by atoms with Gasteiger partial charge in [-0.25, -0.2) is 0 Å². The van der Waals surface area contributed by atoms with Crippen LogP contribution in [0.4, 0.5) is 17.1 Å². The molecule has 11 heteroatoms. The number of nitro benzene ring substituents is 3. The maximum Gasteiger partial charge on any atom is 0.286 e. The summed E-state index contributed by atoms with van der Waals surface area (Å²) in [4.78, 5) is 29.9. The monoisotopic (exact) mass is 301 g/mol. The first-order chi connectivity index (χ1) is 9.81. The van der Waals surface area contributed by atoms with Gasteiger partial charge in [0.1, 0.15) is 5.56 Å². The molecule has 0 fully saturated rings. The molecule has 0 saturated carbocycles. The number of rotatable bonds is 7. The Morgan fingerprint density at radius 3 is 1.67 bits per heavy atom. The smallest absolute Gasteiger partial charge is 0.286 e. The highest BCUT2D eigenvalue weighted by molar-refractivity contribution is 5.60. The molecule has 11 nitrogen and oxygen atoms in total. The Morgan fingerprint density at radius 2 is 1.38 bits per heavy atom. The number of ether oxygens (including phenoxy) is 2. The average molecular weight is 301 g/mol. The van der Waals surface area contributed by atoms with Gasteiger partial charge in [0, 0.05) is 20.6 Å². The molecule has 0 bridgehead atoms. The Kier molecular flexibility index (Phi) is 5.21. The summed E-state index contributed by atoms with van der Waals surface area (Å²) in [5.41, 5.74) is -2.49. The Hall–Kier alpha value is -2.66. The van der Waals surface area contributed by atoms with Crippen molar-refractivity contribution in [2.75, 3.05) is 14.2 Å². The summed E-state index contributed by atoms with van der Waals surface area (Å²) in [6.07, 6.45) is -1.25. The summed E-state index contributed by atoms with van der Waals surface area (Å²) in [5.74, 6) is 0. The molecule has 0 spiro atoms. The molecule has 0 aliphatic rings. The lowest BCUT2D eigenvalue weighted by Crippen LogP contribution is -2.18. The van der Waals surface area contributed by atoms with Crippen molar-refractivity contribution in [2.45, 2.75) is 12.7 Å². The molecule has 0 aromatic heterocycles. The lowest BCUT2D eigenvalue weighted by atomic mass is 10.1. The van der Waals surface area contributed by atoms with Gasteiger partial charge in [-0.15, -0.1) is 0 Å². The van der Waals surface area contributed by atoms with E-state index in [0.29, 0.717) is 12.1 Å². The Balaban J connectivity index is 3.53. The molecule has 0 heterocycles. The van der Waals surface area contributed by atoms with E-state index in [9.17, 15) is 30.3 Å². The highest BCUT2D eigenvalue weighted by atomic mass is 16.7. The Labute approximate surface area is 117 Å². The average Bonchev–Trinajstić information content (AvgIpc) is 2.43. The number of nitrogens with zero attached hydrogens (tertiary/aromatic N) is 3. The van der Waals surface area contributed by atoms with Crippen LogP contribution in [-0.2, 0) is 15.9 Å². The predicted octanol–water partition coefficient (Wildman–Crippen LogP) is 1.57. The van der Waals surface area contributed by atoms with E-state index in [1.54, 1.807) is 0 Å². The number of hydrogen-bond donors (Lipinski definition) is 0. The van der Waals surface area contributed by atoms with Crippen molar-refractivity contribution in [2.24, 2.45) is 0 Å². The molecule has 21 heavy (non-hydrogen) atoms. The quantitative estimate of drug-likeness (QED) is 0.418. The molecule has 0 aliphatic carbocycles. The zero-order valence-corrected chi connectivity index (χ0v) is 11.0. The Morgan fingerprint density at radius 1 is 0.952 bits per heavy atom. The number of nitro groups is 3. The predicted molar refractivity (Wildman–Crippen MR) is 67.9 cm³/mol. The van der Waals surface area contributed by atoms with E-state index in [1.165, 1.54) is 14.2 Å². The van der Waals surface area contributed by atoms with Crippen LogP contribution in [-0.4, -0.2) is 35.3 Å². The van der Waals surface area contributed by atoms with Gasteiger partial charge in [0.15, 0.2) is 6.29 Å². The summed E-state index contributed by atoms with van der Waals surface area (Å²) >= 11 is 0. The molecule has 1 rings (SSSR count). The van der Waals surface area contributed by atoms with Crippen LogP contribution in [0.3, 0.4) is 0 Å². The molecule has 0 N–H and O–H groups in total. The number of methoxy groups -OCH3 is 2. The maximum absolute atomic E-state index is 11.0. The van der Waals surface area contributed by atoms with Crippen molar-refractivity contribution < 1.29 is 24.2 Å². The van der Waals surface area contributed by atoms with E-state index in [-0.39, 0.29) is 12.0 Å². The van der Waals surface area contributed by atoms with Gasteiger partial charge in [0.25, 0.3) is 17.1 Å². The highest BCUT2D eigenvalue weighted by Crippen LogP contribution is 2.34. The Bertz CT molecular complexity index is 549. The second-order valence-corrected chi connectivity index (χ2v) is 3.84. The second kappa shape index (κ2) is 6.67. The minimum absolute atomic E-state index is 0.294. The summed E-state index contributed by atoms with van der Waals surface area (Å²) in [5, 5.41) is 32.7. The fourth-order valence-corrected chi connectivity index (χ4v) is 1.70.